The van der Waals surface area contributed by atoms with Crippen molar-refractivity contribution in [3.05, 3.63) is 64.6 Å². The minimum absolute atomic E-state index is 0.0106. The Morgan fingerprint density at radius 1 is 1.16 bits per heavy atom. The van der Waals surface area contributed by atoms with Gasteiger partial charge in [0.25, 0.3) is 5.56 Å². The highest BCUT2D eigenvalue weighted by Gasteiger charge is 2.17. The second-order valence-electron chi connectivity index (χ2n) is 7.23. The average Bonchev–Trinajstić information content (AvgIpc) is 3.04. The third-order valence-electron chi connectivity index (χ3n) is 4.42. The van der Waals surface area contributed by atoms with Crippen LogP contribution in [0.1, 0.15) is 19.5 Å². The Morgan fingerprint density at radius 3 is 2.56 bits per heavy atom. The lowest BCUT2D eigenvalue weighted by Gasteiger charge is -2.10. The van der Waals surface area contributed by atoms with Crippen LogP contribution in [0, 0.1) is 6.92 Å². The zero-order chi connectivity index (χ0) is 23.3. The molecule has 0 bridgehead atoms. The van der Waals surface area contributed by atoms with Crippen LogP contribution in [0.5, 0.6) is 5.75 Å². The number of phenolic OH excluding ortho intramolecular Hbond substituents is 1. The van der Waals surface area contributed by atoms with Crippen molar-refractivity contribution in [3.8, 4) is 11.4 Å². The van der Waals surface area contributed by atoms with E-state index in [-0.39, 0.29) is 41.3 Å². The topological polar surface area (TPSA) is 138 Å². The van der Waals surface area contributed by atoms with E-state index in [1.807, 2.05) is 19.9 Å². The first kappa shape index (κ1) is 23.4. The molecule has 0 aliphatic carbocycles. The van der Waals surface area contributed by atoms with Crippen LogP contribution in [0.3, 0.4) is 0 Å². The van der Waals surface area contributed by atoms with Gasteiger partial charge in [0.05, 0.1) is 29.0 Å². The lowest BCUT2D eigenvalue weighted by molar-refractivity contribution is 0.0834. The first-order chi connectivity index (χ1) is 15.2. The second kappa shape index (κ2) is 9.90. The van der Waals surface area contributed by atoms with Gasteiger partial charge < -0.3 is 9.84 Å². The summed E-state index contributed by atoms with van der Waals surface area (Å²) in [5, 5.41) is 20.9. The highest BCUT2D eigenvalue weighted by atomic mass is 32.2. The molecule has 2 aromatic carbocycles. The molecule has 0 amide bonds. The number of ether oxygens (including phenoxy) is 1. The number of phenols is 1. The minimum Gasteiger partial charge on any atom is -0.506 e. The zero-order valence-corrected chi connectivity index (χ0v) is 18.8. The van der Waals surface area contributed by atoms with Gasteiger partial charge in [-0.2, -0.15) is 0 Å². The predicted octanol–water partition coefficient (Wildman–Crippen LogP) is 3.30. The van der Waals surface area contributed by atoms with E-state index in [1.54, 1.807) is 31.2 Å². The predicted molar refractivity (Wildman–Crippen MR) is 120 cm³/mol. The van der Waals surface area contributed by atoms with Crippen molar-refractivity contribution in [1.82, 2.24) is 14.5 Å². The summed E-state index contributed by atoms with van der Waals surface area (Å²) in [4.78, 5) is 12.6. The minimum atomic E-state index is -3.84. The number of hydrogen-bond acceptors (Lipinski definition) is 7. The number of nitrogens with zero attached hydrogens (tertiary/aromatic N) is 3. The lowest BCUT2D eigenvalue weighted by atomic mass is 10.3. The van der Waals surface area contributed by atoms with Gasteiger partial charge >= 0.3 is 0 Å². The Balaban J connectivity index is 1.84. The van der Waals surface area contributed by atoms with E-state index >= 15 is 0 Å². The van der Waals surface area contributed by atoms with Gasteiger partial charge in [-0.15, -0.1) is 10.2 Å². The van der Waals surface area contributed by atoms with Crippen LogP contribution in [-0.2, 0) is 14.8 Å². The van der Waals surface area contributed by atoms with Gasteiger partial charge in [-0.3, -0.25) is 9.89 Å². The molecule has 1 heterocycles. The van der Waals surface area contributed by atoms with E-state index in [0.29, 0.717) is 11.4 Å². The van der Waals surface area contributed by atoms with E-state index in [2.05, 4.69) is 20.0 Å². The number of aromatic amines is 1. The lowest BCUT2D eigenvalue weighted by Crippen LogP contribution is -2.28. The molecule has 3 N–H and O–H groups in total. The summed E-state index contributed by atoms with van der Waals surface area (Å²) in [5.74, 6) is -0.271. The molecule has 3 rings (SSSR count). The van der Waals surface area contributed by atoms with E-state index in [9.17, 15) is 18.3 Å². The maximum atomic E-state index is 12.7. The largest absolute Gasteiger partial charge is 0.506 e. The number of sulfonamides is 1. The Bertz CT molecular complexity index is 1260. The van der Waals surface area contributed by atoms with Crippen LogP contribution < -0.4 is 10.3 Å². The number of rotatable bonds is 9. The Morgan fingerprint density at radius 2 is 1.88 bits per heavy atom. The molecule has 1 aromatic heterocycles. The molecule has 0 saturated carbocycles. The molecule has 0 unspecified atom stereocenters. The van der Waals surface area contributed by atoms with Gasteiger partial charge in [0.1, 0.15) is 11.4 Å². The van der Waals surface area contributed by atoms with Crippen LogP contribution >= 0.6 is 0 Å². The molecule has 10 nitrogen and oxygen atoms in total. The van der Waals surface area contributed by atoms with Crippen LogP contribution in [0.15, 0.2) is 68.4 Å². The summed E-state index contributed by atoms with van der Waals surface area (Å²) in [5.41, 5.74) is 0.638. The summed E-state index contributed by atoms with van der Waals surface area (Å²) in [6.07, 6.45) is -0.0106. The average molecular weight is 460 g/mol. The molecule has 0 aliphatic rings. The van der Waals surface area contributed by atoms with E-state index in [0.717, 1.165) is 0 Å². The first-order valence-electron chi connectivity index (χ1n) is 9.92. The molecule has 170 valence electrons. The number of benzene rings is 2. The van der Waals surface area contributed by atoms with E-state index < -0.39 is 15.6 Å². The molecule has 0 radical (unpaired) electrons. The molecule has 0 saturated heterocycles. The summed E-state index contributed by atoms with van der Waals surface area (Å²) in [6, 6.07) is 12.6. The highest BCUT2D eigenvalue weighted by molar-refractivity contribution is 7.89. The number of aryl methyl sites for hydroxylation is 1. The Labute approximate surface area is 185 Å². The molecule has 32 heavy (non-hydrogen) atoms. The molecule has 0 spiro atoms. The summed E-state index contributed by atoms with van der Waals surface area (Å²) >= 11 is 0. The number of para-hydroxylation sites is 1. The van der Waals surface area contributed by atoms with Crippen LogP contribution in [0.4, 0.5) is 11.4 Å². The van der Waals surface area contributed by atoms with Gasteiger partial charge in [0, 0.05) is 6.54 Å². The number of aromatic hydroxyl groups is 1. The fraction of sp³-hybridized carbons (Fsp3) is 0.286. The van der Waals surface area contributed by atoms with Crippen LogP contribution in [0.2, 0.25) is 0 Å². The molecular weight excluding hydrogens is 434 g/mol. The number of nitrogens with one attached hydrogen (secondary N) is 2. The maximum Gasteiger partial charge on any atom is 0.299 e. The third-order valence-corrected chi connectivity index (χ3v) is 5.87. The van der Waals surface area contributed by atoms with Crippen molar-refractivity contribution in [2.45, 2.75) is 31.8 Å². The number of azo groups is 1. The van der Waals surface area contributed by atoms with Gasteiger partial charge in [0.2, 0.25) is 10.0 Å². The van der Waals surface area contributed by atoms with Crippen molar-refractivity contribution in [3.63, 3.8) is 0 Å². The van der Waals surface area contributed by atoms with Crippen molar-refractivity contribution < 1.29 is 18.3 Å². The standard InChI is InChI=1S/C21H25N5O5S/c1-14(2)31-12-11-22-32(29,30)17-9-10-19(27)18(13-17)23-24-20-15(3)25-26(21(20)28)16-7-5-4-6-8-16/h4-10,13-14,22,25,27H,11-12H2,1-3H3. The third kappa shape index (κ3) is 5.49. The van der Waals surface area contributed by atoms with Crippen molar-refractivity contribution >= 4 is 21.4 Å². The van der Waals surface area contributed by atoms with Gasteiger partial charge in [-0.25, -0.2) is 17.8 Å². The van der Waals surface area contributed by atoms with Crippen LogP contribution in [-0.4, -0.2) is 42.6 Å². The highest BCUT2D eigenvalue weighted by Crippen LogP contribution is 2.30. The molecule has 3 aromatic rings. The van der Waals surface area contributed by atoms with Gasteiger partial charge in [0.15, 0.2) is 5.69 Å². The quantitative estimate of drug-likeness (QED) is 0.333. The zero-order valence-electron chi connectivity index (χ0n) is 17.9. The Kier molecular flexibility index (Phi) is 7.23. The molecule has 0 aliphatic heterocycles. The fourth-order valence-electron chi connectivity index (χ4n) is 2.82. The van der Waals surface area contributed by atoms with E-state index in [1.165, 1.54) is 22.9 Å². The SMILES string of the molecule is Cc1[nH]n(-c2ccccc2)c(=O)c1N=Nc1cc(S(=O)(=O)NCCOC(C)C)ccc1O. The van der Waals surface area contributed by atoms with Gasteiger partial charge in [-0.05, 0) is 51.1 Å². The molecular formula is C21H25N5O5S. The van der Waals surface area contributed by atoms with E-state index in [4.69, 9.17) is 4.74 Å². The van der Waals surface area contributed by atoms with Gasteiger partial charge in [-0.1, -0.05) is 18.2 Å². The van der Waals surface area contributed by atoms with Crippen molar-refractivity contribution in [2.24, 2.45) is 10.2 Å². The molecule has 11 heteroatoms. The monoisotopic (exact) mass is 459 g/mol. The molecule has 0 fully saturated rings. The summed E-state index contributed by atoms with van der Waals surface area (Å²) < 4.78 is 34.1. The first-order valence-corrected chi connectivity index (χ1v) is 11.4. The second-order valence-corrected chi connectivity index (χ2v) is 9.00. The van der Waals surface area contributed by atoms with Crippen molar-refractivity contribution in [1.29, 1.82) is 0 Å². The Hall–Kier alpha value is -3.28. The normalized spacial score (nSPS) is 12.1. The van der Waals surface area contributed by atoms with Crippen molar-refractivity contribution in [2.75, 3.05) is 13.2 Å². The summed E-state index contributed by atoms with van der Waals surface area (Å²) in [7, 11) is -3.84. The smallest absolute Gasteiger partial charge is 0.299 e. The number of H-pyrrole nitrogens is 1. The fourth-order valence-corrected chi connectivity index (χ4v) is 3.86. The molecule has 0 atom stereocenters. The van der Waals surface area contributed by atoms with Crippen LogP contribution in [0.25, 0.3) is 5.69 Å². The maximum absolute atomic E-state index is 12.7. The summed E-state index contributed by atoms with van der Waals surface area (Å²) in [6.45, 7) is 5.69. The number of aromatic nitrogens is 2. The number of hydrogen-bond donors (Lipinski definition) is 3.